The molecule has 1 aliphatic rings. The molecule has 0 aromatic rings. The summed E-state index contributed by atoms with van der Waals surface area (Å²) in [5.41, 5.74) is 0. The second kappa shape index (κ2) is 5.71. The summed E-state index contributed by atoms with van der Waals surface area (Å²) in [6.07, 6.45) is -5.87. The van der Waals surface area contributed by atoms with Crippen molar-refractivity contribution in [3.63, 3.8) is 0 Å². The van der Waals surface area contributed by atoms with Gasteiger partial charge in [-0.1, -0.05) is 0 Å². The highest BCUT2D eigenvalue weighted by molar-refractivity contribution is 4.88. The molecule has 0 spiro atoms. The molecule has 0 aromatic carbocycles. The van der Waals surface area contributed by atoms with Crippen LogP contribution in [0, 0.1) is 0 Å². The maximum absolute atomic E-state index is 9.64. The van der Waals surface area contributed by atoms with Crippen LogP contribution in [-0.2, 0) is 9.47 Å². The van der Waals surface area contributed by atoms with Crippen molar-refractivity contribution in [2.75, 3.05) is 20.0 Å². The molecular weight excluding hydrogens is 208 g/mol. The van der Waals surface area contributed by atoms with E-state index in [9.17, 15) is 15.3 Å². The zero-order valence-corrected chi connectivity index (χ0v) is 8.06. The van der Waals surface area contributed by atoms with Crippen molar-refractivity contribution in [2.45, 2.75) is 30.5 Å². The summed E-state index contributed by atoms with van der Waals surface area (Å²) >= 11 is 0. The largest absolute Gasteiger partial charge is 0.394 e. The topological polar surface area (TPSA) is 120 Å². The summed E-state index contributed by atoms with van der Waals surface area (Å²) in [5.74, 6) is 0. The molecule has 1 aliphatic heterocycles. The Bertz CT molecular complexity index is 170. The molecule has 1 rings (SSSR count). The van der Waals surface area contributed by atoms with E-state index in [1.54, 1.807) is 0 Å². The van der Waals surface area contributed by atoms with Gasteiger partial charge < -0.3 is 35.0 Å². The van der Waals surface area contributed by atoms with Crippen LogP contribution in [0.5, 0.6) is 0 Å². The Labute approximate surface area is 86.5 Å². The Balaban J connectivity index is 2.62. The van der Waals surface area contributed by atoms with E-state index < -0.39 is 43.7 Å². The fourth-order valence-electron chi connectivity index (χ4n) is 1.47. The van der Waals surface area contributed by atoms with Crippen LogP contribution in [0.2, 0.25) is 0 Å². The number of aliphatic hydroxyl groups excluding tert-OH is 5. The molecule has 1 unspecified atom stereocenters. The number of rotatable bonds is 4. The number of aliphatic hydroxyl groups is 5. The van der Waals surface area contributed by atoms with E-state index in [0.717, 1.165) is 0 Å². The van der Waals surface area contributed by atoms with Crippen LogP contribution in [0.15, 0.2) is 0 Å². The molecule has 1 fully saturated rings. The molecule has 7 nitrogen and oxygen atoms in total. The summed E-state index contributed by atoms with van der Waals surface area (Å²) in [4.78, 5) is 0. The van der Waals surface area contributed by atoms with Crippen LogP contribution >= 0.6 is 0 Å². The third-order valence-electron chi connectivity index (χ3n) is 2.33. The first kappa shape index (κ1) is 12.8. The molecule has 0 aliphatic carbocycles. The summed E-state index contributed by atoms with van der Waals surface area (Å²) in [5, 5.41) is 45.6. The monoisotopic (exact) mass is 224 g/mol. The van der Waals surface area contributed by atoms with Crippen LogP contribution in [0.1, 0.15) is 0 Å². The van der Waals surface area contributed by atoms with Gasteiger partial charge in [0.1, 0.15) is 37.3 Å². The first-order chi connectivity index (χ1) is 7.11. The van der Waals surface area contributed by atoms with Crippen LogP contribution in [-0.4, -0.2) is 76.1 Å². The summed E-state index contributed by atoms with van der Waals surface area (Å²) in [6.45, 7) is -1.35. The molecule has 5 N–H and O–H groups in total. The Morgan fingerprint density at radius 1 is 1.00 bits per heavy atom. The van der Waals surface area contributed by atoms with E-state index in [1.165, 1.54) is 0 Å². The van der Waals surface area contributed by atoms with Gasteiger partial charge in [-0.15, -0.1) is 0 Å². The third-order valence-corrected chi connectivity index (χ3v) is 2.33. The minimum absolute atomic E-state index is 0.222. The lowest BCUT2D eigenvalue weighted by molar-refractivity contribution is -0.273. The van der Waals surface area contributed by atoms with Crippen molar-refractivity contribution in [2.24, 2.45) is 0 Å². The average molecular weight is 224 g/mol. The maximum Gasteiger partial charge on any atom is 0.148 e. The number of hydrogen-bond acceptors (Lipinski definition) is 7. The molecule has 0 bridgehead atoms. The lowest BCUT2D eigenvalue weighted by atomic mass is 9.98. The van der Waals surface area contributed by atoms with Gasteiger partial charge in [0, 0.05) is 0 Å². The second-order valence-corrected chi connectivity index (χ2v) is 3.37. The van der Waals surface area contributed by atoms with Crippen molar-refractivity contribution < 1.29 is 35.0 Å². The lowest BCUT2D eigenvalue weighted by Gasteiger charge is -2.38. The predicted molar refractivity (Wildman–Crippen MR) is 46.8 cm³/mol. The first-order valence-electron chi connectivity index (χ1n) is 4.61. The fourth-order valence-corrected chi connectivity index (χ4v) is 1.47. The van der Waals surface area contributed by atoms with Gasteiger partial charge in [0.05, 0.1) is 13.2 Å². The summed E-state index contributed by atoms with van der Waals surface area (Å²) in [6, 6.07) is 0. The van der Waals surface area contributed by atoms with E-state index in [1.807, 2.05) is 0 Å². The highest BCUT2D eigenvalue weighted by Gasteiger charge is 2.40. The van der Waals surface area contributed by atoms with Gasteiger partial charge in [0.2, 0.25) is 0 Å². The SMILES string of the molecule is OC[C@@H](O)[C@@H]1OCO[C@H]([C@H](O)CO)C1O. The van der Waals surface area contributed by atoms with Crippen molar-refractivity contribution in [1.29, 1.82) is 0 Å². The Kier molecular flexibility index (Phi) is 4.87. The van der Waals surface area contributed by atoms with E-state index in [0.29, 0.717) is 0 Å². The second-order valence-electron chi connectivity index (χ2n) is 3.37. The molecular formula is C8H16O7. The standard InChI is InChI=1S/C8H16O7/c9-1-4(11)7-6(13)8(5(12)2-10)15-3-14-7/h4-13H,1-3H2/t4-,5-,6?,7-,8+/m1/s1. The molecule has 0 radical (unpaired) electrons. The Morgan fingerprint density at radius 2 is 1.40 bits per heavy atom. The minimum atomic E-state index is -1.30. The molecule has 5 atom stereocenters. The Hall–Kier alpha value is -0.280. The number of hydrogen-bond donors (Lipinski definition) is 5. The van der Waals surface area contributed by atoms with Gasteiger partial charge in [0.15, 0.2) is 0 Å². The molecule has 15 heavy (non-hydrogen) atoms. The Morgan fingerprint density at radius 3 is 1.73 bits per heavy atom. The van der Waals surface area contributed by atoms with Gasteiger partial charge in [0.25, 0.3) is 0 Å². The highest BCUT2D eigenvalue weighted by Crippen LogP contribution is 2.19. The normalized spacial score (nSPS) is 36.2. The van der Waals surface area contributed by atoms with E-state index in [2.05, 4.69) is 0 Å². The van der Waals surface area contributed by atoms with Crippen LogP contribution in [0.4, 0.5) is 0 Å². The average Bonchev–Trinajstić information content (AvgIpc) is 2.27. The molecule has 0 aromatic heterocycles. The van der Waals surface area contributed by atoms with Crippen LogP contribution in [0.25, 0.3) is 0 Å². The predicted octanol–water partition coefficient (Wildman–Crippen LogP) is -3.20. The third kappa shape index (κ3) is 2.85. The van der Waals surface area contributed by atoms with Gasteiger partial charge in [-0.05, 0) is 0 Å². The van der Waals surface area contributed by atoms with Crippen LogP contribution < -0.4 is 0 Å². The van der Waals surface area contributed by atoms with Crippen molar-refractivity contribution in [3.8, 4) is 0 Å². The molecule has 7 heteroatoms. The van der Waals surface area contributed by atoms with Gasteiger partial charge in [-0.25, -0.2) is 0 Å². The van der Waals surface area contributed by atoms with E-state index in [-0.39, 0.29) is 6.79 Å². The quantitative estimate of drug-likeness (QED) is 0.341. The zero-order chi connectivity index (χ0) is 11.4. The maximum atomic E-state index is 9.64. The molecule has 1 saturated heterocycles. The summed E-state index contributed by atoms with van der Waals surface area (Å²) in [7, 11) is 0. The minimum Gasteiger partial charge on any atom is -0.394 e. The summed E-state index contributed by atoms with van der Waals surface area (Å²) < 4.78 is 9.79. The molecule has 90 valence electrons. The highest BCUT2D eigenvalue weighted by atomic mass is 16.7. The molecule has 1 heterocycles. The van der Waals surface area contributed by atoms with Crippen LogP contribution in [0.3, 0.4) is 0 Å². The van der Waals surface area contributed by atoms with Crippen molar-refractivity contribution in [3.05, 3.63) is 0 Å². The van der Waals surface area contributed by atoms with Gasteiger partial charge >= 0.3 is 0 Å². The van der Waals surface area contributed by atoms with E-state index >= 15 is 0 Å². The first-order valence-corrected chi connectivity index (χ1v) is 4.61. The van der Waals surface area contributed by atoms with E-state index in [4.69, 9.17) is 19.7 Å². The smallest absolute Gasteiger partial charge is 0.148 e. The zero-order valence-electron chi connectivity index (χ0n) is 8.06. The van der Waals surface area contributed by atoms with Crippen molar-refractivity contribution >= 4 is 0 Å². The van der Waals surface area contributed by atoms with Gasteiger partial charge in [-0.3, -0.25) is 0 Å². The van der Waals surface area contributed by atoms with Gasteiger partial charge in [-0.2, -0.15) is 0 Å². The molecule has 0 saturated carbocycles. The fraction of sp³-hybridized carbons (Fsp3) is 1.00. The number of ether oxygens (including phenoxy) is 2. The molecule has 0 amide bonds. The van der Waals surface area contributed by atoms with Crippen molar-refractivity contribution in [1.82, 2.24) is 0 Å². The lowest BCUT2D eigenvalue weighted by Crippen LogP contribution is -2.56.